The van der Waals surface area contributed by atoms with Crippen molar-refractivity contribution in [3.8, 4) is 17.2 Å². The summed E-state index contributed by atoms with van der Waals surface area (Å²) in [6, 6.07) is 10.1. The molecule has 0 aliphatic carbocycles. The number of benzene rings is 1. The van der Waals surface area contributed by atoms with Gasteiger partial charge in [-0.25, -0.2) is 4.79 Å². The van der Waals surface area contributed by atoms with Crippen LogP contribution in [0.15, 0.2) is 29.6 Å². The minimum atomic E-state index is -0.453. The molecule has 7 nitrogen and oxygen atoms in total. The molecule has 4 rings (SSSR count). The molecule has 0 spiro atoms. The highest BCUT2D eigenvalue weighted by atomic mass is 32.1. The average molecular weight is 481 g/mol. The van der Waals surface area contributed by atoms with Gasteiger partial charge >= 0.3 is 5.97 Å². The Labute approximate surface area is 200 Å². The summed E-state index contributed by atoms with van der Waals surface area (Å²) in [6.45, 7) is 5.43. The van der Waals surface area contributed by atoms with Gasteiger partial charge in [0.25, 0.3) is 0 Å². The molecule has 33 heavy (non-hydrogen) atoms. The van der Waals surface area contributed by atoms with Crippen LogP contribution in [0, 0.1) is 18.3 Å². The third-order valence-electron chi connectivity index (χ3n) is 5.53. The van der Waals surface area contributed by atoms with Crippen LogP contribution in [0.1, 0.15) is 38.8 Å². The molecule has 3 aromatic rings. The summed E-state index contributed by atoms with van der Waals surface area (Å²) in [7, 11) is 0. The van der Waals surface area contributed by atoms with Gasteiger partial charge in [-0.1, -0.05) is 29.8 Å². The van der Waals surface area contributed by atoms with Gasteiger partial charge in [0, 0.05) is 28.9 Å². The molecular formula is C24H24N4O3S2. The van der Waals surface area contributed by atoms with E-state index >= 15 is 0 Å². The molecule has 0 fully saturated rings. The molecule has 1 aliphatic heterocycles. The SMILES string of the molecule is CCOC(=O)c1c(-c2ccc(C)cc2)csc1NC(=O)CN1CCc2c(sc(N)c2C#N)C1. The average Bonchev–Trinajstić information content (AvgIpc) is 3.33. The molecule has 0 radical (unpaired) electrons. The van der Waals surface area contributed by atoms with Crippen LogP contribution < -0.4 is 11.1 Å². The van der Waals surface area contributed by atoms with Crippen molar-refractivity contribution in [2.45, 2.75) is 26.8 Å². The van der Waals surface area contributed by atoms with Gasteiger partial charge in [0.2, 0.25) is 5.91 Å². The fourth-order valence-electron chi connectivity index (χ4n) is 3.91. The van der Waals surface area contributed by atoms with E-state index in [1.54, 1.807) is 6.92 Å². The zero-order chi connectivity index (χ0) is 23.5. The first-order valence-corrected chi connectivity index (χ1v) is 12.3. The fourth-order valence-corrected chi connectivity index (χ4v) is 5.99. The van der Waals surface area contributed by atoms with E-state index in [9.17, 15) is 14.9 Å². The number of esters is 1. The predicted molar refractivity (Wildman–Crippen MR) is 132 cm³/mol. The maximum absolute atomic E-state index is 12.9. The number of nitrogens with zero attached hydrogens (tertiary/aromatic N) is 2. The van der Waals surface area contributed by atoms with Crippen molar-refractivity contribution in [2.75, 3.05) is 30.7 Å². The van der Waals surface area contributed by atoms with Crippen LogP contribution in [0.4, 0.5) is 10.0 Å². The molecular weight excluding hydrogens is 456 g/mol. The van der Waals surface area contributed by atoms with Crippen molar-refractivity contribution < 1.29 is 14.3 Å². The number of rotatable bonds is 6. The number of nitrogens with one attached hydrogen (secondary N) is 1. The van der Waals surface area contributed by atoms with Crippen molar-refractivity contribution >= 4 is 44.6 Å². The maximum atomic E-state index is 12.9. The Hall–Kier alpha value is -3.19. The number of nitrogen functional groups attached to an aromatic ring is 1. The van der Waals surface area contributed by atoms with Crippen molar-refractivity contribution in [3.63, 3.8) is 0 Å². The monoisotopic (exact) mass is 480 g/mol. The van der Waals surface area contributed by atoms with Gasteiger partial charge < -0.3 is 15.8 Å². The van der Waals surface area contributed by atoms with E-state index in [1.807, 2.05) is 41.5 Å². The summed E-state index contributed by atoms with van der Waals surface area (Å²) in [5.41, 5.74) is 10.7. The van der Waals surface area contributed by atoms with Crippen LogP contribution in [0.2, 0.25) is 0 Å². The van der Waals surface area contributed by atoms with Crippen molar-refractivity contribution in [2.24, 2.45) is 0 Å². The quantitative estimate of drug-likeness (QED) is 0.506. The lowest BCUT2D eigenvalue weighted by atomic mass is 10.0. The minimum Gasteiger partial charge on any atom is -0.462 e. The molecule has 3 heterocycles. The Morgan fingerprint density at radius 1 is 1.30 bits per heavy atom. The summed E-state index contributed by atoms with van der Waals surface area (Å²) in [5.74, 6) is -0.656. The van der Waals surface area contributed by atoms with E-state index in [1.165, 1.54) is 22.7 Å². The van der Waals surface area contributed by atoms with Crippen LogP contribution in [-0.2, 0) is 22.5 Å². The molecule has 9 heteroatoms. The zero-order valence-electron chi connectivity index (χ0n) is 18.4. The van der Waals surface area contributed by atoms with Gasteiger partial charge in [0.05, 0.1) is 18.7 Å². The largest absolute Gasteiger partial charge is 0.462 e. The standard InChI is InChI=1S/C24H24N4O3S2/c1-3-31-24(30)21-18(15-6-4-14(2)5-7-15)13-32-23(21)27-20(29)12-28-9-8-16-17(10-25)22(26)33-19(16)11-28/h4-7,13H,3,8-9,11-12,26H2,1-2H3,(H,27,29). The number of nitrogens with two attached hydrogens (primary N) is 1. The molecule has 0 saturated carbocycles. The first-order chi connectivity index (χ1) is 15.9. The van der Waals surface area contributed by atoms with Gasteiger partial charge in [-0.2, -0.15) is 5.26 Å². The van der Waals surface area contributed by atoms with Gasteiger partial charge in [-0.05, 0) is 31.4 Å². The topological polar surface area (TPSA) is 108 Å². The summed E-state index contributed by atoms with van der Waals surface area (Å²) >= 11 is 2.73. The predicted octanol–water partition coefficient (Wildman–Crippen LogP) is 4.41. The van der Waals surface area contributed by atoms with E-state index in [0.717, 1.165) is 27.1 Å². The number of hydrogen-bond acceptors (Lipinski definition) is 8. The minimum absolute atomic E-state index is 0.180. The number of amides is 1. The van der Waals surface area contributed by atoms with E-state index in [0.29, 0.717) is 40.6 Å². The summed E-state index contributed by atoms with van der Waals surface area (Å²) in [5, 5.41) is 15.1. The second-order valence-electron chi connectivity index (χ2n) is 7.80. The number of thiophene rings is 2. The second-order valence-corrected chi connectivity index (χ2v) is 9.82. The lowest BCUT2D eigenvalue weighted by molar-refractivity contribution is -0.117. The lowest BCUT2D eigenvalue weighted by Crippen LogP contribution is -2.36. The van der Waals surface area contributed by atoms with Crippen molar-refractivity contribution in [3.05, 3.63) is 56.8 Å². The van der Waals surface area contributed by atoms with Gasteiger partial charge in [0.15, 0.2) is 0 Å². The smallest absolute Gasteiger partial charge is 0.341 e. The van der Waals surface area contributed by atoms with Gasteiger partial charge in [0.1, 0.15) is 21.6 Å². The van der Waals surface area contributed by atoms with E-state index < -0.39 is 5.97 Å². The van der Waals surface area contributed by atoms with E-state index in [-0.39, 0.29) is 19.1 Å². The number of hydrogen-bond donors (Lipinski definition) is 2. The first-order valence-electron chi connectivity index (χ1n) is 10.6. The number of ether oxygens (including phenoxy) is 1. The molecule has 0 bridgehead atoms. The summed E-state index contributed by atoms with van der Waals surface area (Å²) in [4.78, 5) is 28.7. The molecule has 0 atom stereocenters. The molecule has 1 amide bonds. The van der Waals surface area contributed by atoms with Crippen LogP contribution in [-0.4, -0.2) is 36.5 Å². The van der Waals surface area contributed by atoms with Crippen LogP contribution in [0.25, 0.3) is 11.1 Å². The normalized spacial score (nSPS) is 13.2. The van der Waals surface area contributed by atoms with Crippen LogP contribution in [0.3, 0.4) is 0 Å². The Morgan fingerprint density at radius 3 is 2.76 bits per heavy atom. The Kier molecular flexibility index (Phi) is 6.79. The van der Waals surface area contributed by atoms with Gasteiger partial charge in [-0.3, -0.25) is 9.69 Å². The second kappa shape index (κ2) is 9.75. The zero-order valence-corrected chi connectivity index (χ0v) is 20.1. The summed E-state index contributed by atoms with van der Waals surface area (Å²) in [6.07, 6.45) is 0.684. The maximum Gasteiger partial charge on any atom is 0.341 e. The molecule has 3 N–H and O–H groups in total. The third kappa shape index (κ3) is 4.78. The Bertz CT molecular complexity index is 1240. The first kappa shape index (κ1) is 23.0. The highest BCUT2D eigenvalue weighted by Crippen LogP contribution is 2.37. The van der Waals surface area contributed by atoms with E-state index in [2.05, 4.69) is 11.4 Å². The number of nitriles is 1. The number of fused-ring (bicyclic) bond motifs is 1. The van der Waals surface area contributed by atoms with Crippen LogP contribution in [0.5, 0.6) is 0 Å². The fraction of sp³-hybridized carbons (Fsp3) is 0.292. The van der Waals surface area contributed by atoms with Gasteiger partial charge in [-0.15, -0.1) is 22.7 Å². The number of aryl methyl sites for hydroxylation is 1. The van der Waals surface area contributed by atoms with Crippen molar-refractivity contribution in [1.82, 2.24) is 4.90 Å². The molecule has 2 aromatic heterocycles. The lowest BCUT2D eigenvalue weighted by Gasteiger charge is -2.26. The molecule has 0 saturated heterocycles. The number of anilines is 2. The highest BCUT2D eigenvalue weighted by Gasteiger charge is 2.26. The summed E-state index contributed by atoms with van der Waals surface area (Å²) < 4.78 is 5.28. The molecule has 0 unspecified atom stereocenters. The number of carbonyl (C=O) groups excluding carboxylic acids is 2. The molecule has 1 aliphatic rings. The van der Waals surface area contributed by atoms with Crippen molar-refractivity contribution in [1.29, 1.82) is 5.26 Å². The van der Waals surface area contributed by atoms with Crippen LogP contribution >= 0.6 is 22.7 Å². The number of carbonyl (C=O) groups is 2. The Balaban J connectivity index is 1.51. The van der Waals surface area contributed by atoms with E-state index in [4.69, 9.17) is 10.5 Å². The molecule has 170 valence electrons. The Morgan fingerprint density at radius 2 is 2.06 bits per heavy atom. The highest BCUT2D eigenvalue weighted by molar-refractivity contribution is 7.16. The molecule has 1 aromatic carbocycles. The third-order valence-corrected chi connectivity index (χ3v) is 7.47.